The molecule has 2 heterocycles. The van der Waals surface area contributed by atoms with Crippen molar-refractivity contribution in [1.82, 2.24) is 4.98 Å². The lowest BCUT2D eigenvalue weighted by Gasteiger charge is -2.15. The molecule has 0 aliphatic heterocycles. The van der Waals surface area contributed by atoms with Gasteiger partial charge in [0.2, 0.25) is 0 Å². The van der Waals surface area contributed by atoms with Crippen LogP contribution in [0.4, 0.5) is 5.69 Å². The summed E-state index contributed by atoms with van der Waals surface area (Å²) in [5, 5.41) is 3.59. The van der Waals surface area contributed by atoms with E-state index in [-0.39, 0.29) is 0 Å². The molecule has 2 aromatic rings. The van der Waals surface area contributed by atoms with Crippen molar-refractivity contribution in [3.8, 4) is 0 Å². The molecule has 1 atom stereocenters. The van der Waals surface area contributed by atoms with Crippen LogP contribution in [0.5, 0.6) is 0 Å². The highest BCUT2D eigenvalue weighted by Crippen LogP contribution is 2.34. The lowest BCUT2D eigenvalue weighted by atomic mass is 9.99. The largest absolute Gasteiger partial charge is 0.376 e. The molecule has 1 aliphatic carbocycles. The minimum atomic E-state index is 0.340. The van der Waals surface area contributed by atoms with Gasteiger partial charge in [0.1, 0.15) is 4.60 Å². The van der Waals surface area contributed by atoms with Crippen molar-refractivity contribution in [2.24, 2.45) is 0 Å². The smallest absolute Gasteiger partial charge is 0.106 e. The SMILES string of the molecule is Cc1nc(Br)ccc1NC(C)c1cc2c(s1)CCCC2. The molecule has 0 bridgehead atoms. The summed E-state index contributed by atoms with van der Waals surface area (Å²) >= 11 is 5.39. The highest BCUT2D eigenvalue weighted by Gasteiger charge is 2.17. The van der Waals surface area contributed by atoms with Gasteiger partial charge in [-0.25, -0.2) is 4.98 Å². The standard InChI is InChI=1S/C16H19BrN2S/c1-10-13(7-8-16(17)19-10)18-11(2)15-9-12-5-3-4-6-14(12)20-15/h7-9,11,18H,3-6H2,1-2H3. The lowest BCUT2D eigenvalue weighted by molar-refractivity contribution is 0.696. The number of aromatic nitrogens is 1. The van der Waals surface area contributed by atoms with Gasteiger partial charge in [-0.1, -0.05) is 0 Å². The third-order valence-electron chi connectivity index (χ3n) is 3.87. The molecule has 0 saturated carbocycles. The van der Waals surface area contributed by atoms with Crippen LogP contribution in [-0.2, 0) is 12.8 Å². The maximum absolute atomic E-state index is 4.44. The normalized spacial score (nSPS) is 15.8. The summed E-state index contributed by atoms with van der Waals surface area (Å²) in [6, 6.07) is 6.82. The number of anilines is 1. The van der Waals surface area contributed by atoms with Gasteiger partial charge in [-0.3, -0.25) is 0 Å². The van der Waals surface area contributed by atoms with Crippen molar-refractivity contribution in [3.63, 3.8) is 0 Å². The van der Waals surface area contributed by atoms with E-state index in [2.05, 4.69) is 45.3 Å². The molecule has 1 aliphatic rings. The van der Waals surface area contributed by atoms with E-state index >= 15 is 0 Å². The average Bonchev–Trinajstić information content (AvgIpc) is 2.86. The monoisotopic (exact) mass is 350 g/mol. The van der Waals surface area contributed by atoms with E-state index in [1.54, 1.807) is 10.4 Å². The van der Waals surface area contributed by atoms with Gasteiger partial charge >= 0.3 is 0 Å². The molecule has 0 amide bonds. The Balaban J connectivity index is 1.78. The van der Waals surface area contributed by atoms with Gasteiger partial charge in [-0.15, -0.1) is 11.3 Å². The number of nitrogens with one attached hydrogen (secondary N) is 1. The number of hydrogen-bond acceptors (Lipinski definition) is 3. The van der Waals surface area contributed by atoms with Crippen LogP contribution >= 0.6 is 27.3 Å². The molecular weight excluding hydrogens is 332 g/mol. The van der Waals surface area contributed by atoms with E-state index in [4.69, 9.17) is 0 Å². The Bertz CT molecular complexity index is 597. The number of rotatable bonds is 3. The van der Waals surface area contributed by atoms with Crippen LogP contribution in [0, 0.1) is 6.92 Å². The first kappa shape index (κ1) is 14.1. The summed E-state index contributed by atoms with van der Waals surface area (Å²) in [7, 11) is 0. The second-order valence-electron chi connectivity index (χ2n) is 5.44. The van der Waals surface area contributed by atoms with Gasteiger partial charge in [0, 0.05) is 9.75 Å². The minimum absolute atomic E-state index is 0.340. The van der Waals surface area contributed by atoms with Crippen LogP contribution in [-0.4, -0.2) is 4.98 Å². The molecule has 4 heteroatoms. The van der Waals surface area contributed by atoms with Crippen LogP contribution in [0.15, 0.2) is 22.8 Å². The molecule has 2 nitrogen and oxygen atoms in total. The second kappa shape index (κ2) is 5.86. The molecular formula is C16H19BrN2S. The third kappa shape index (κ3) is 2.91. The quantitative estimate of drug-likeness (QED) is 0.763. The molecule has 0 aromatic carbocycles. The molecule has 1 N–H and O–H groups in total. The number of pyridine rings is 1. The van der Waals surface area contributed by atoms with Crippen molar-refractivity contribution in [3.05, 3.63) is 43.8 Å². The average molecular weight is 351 g/mol. The van der Waals surface area contributed by atoms with Crippen LogP contribution in [0.25, 0.3) is 0 Å². The van der Waals surface area contributed by atoms with Crippen molar-refractivity contribution in [2.45, 2.75) is 45.6 Å². The molecule has 20 heavy (non-hydrogen) atoms. The summed E-state index contributed by atoms with van der Waals surface area (Å²) in [6.45, 7) is 4.28. The van der Waals surface area contributed by atoms with E-state index in [0.29, 0.717) is 6.04 Å². The molecule has 0 radical (unpaired) electrons. The molecule has 2 aromatic heterocycles. The molecule has 1 unspecified atom stereocenters. The van der Waals surface area contributed by atoms with Gasteiger partial charge in [0.15, 0.2) is 0 Å². The number of thiophene rings is 1. The Morgan fingerprint density at radius 3 is 2.85 bits per heavy atom. The lowest BCUT2D eigenvalue weighted by Crippen LogP contribution is -2.06. The van der Waals surface area contributed by atoms with E-state index in [0.717, 1.165) is 16.0 Å². The van der Waals surface area contributed by atoms with E-state index in [1.807, 2.05) is 24.3 Å². The predicted octanol–water partition coefficient (Wildman–Crippen LogP) is 5.27. The fourth-order valence-corrected chi connectivity index (χ4v) is 4.37. The fourth-order valence-electron chi connectivity index (χ4n) is 2.71. The van der Waals surface area contributed by atoms with Crippen molar-refractivity contribution >= 4 is 33.0 Å². The number of nitrogens with zero attached hydrogens (tertiary/aromatic N) is 1. The van der Waals surface area contributed by atoms with Crippen LogP contribution < -0.4 is 5.32 Å². The van der Waals surface area contributed by atoms with Crippen LogP contribution in [0.3, 0.4) is 0 Å². The number of hydrogen-bond donors (Lipinski definition) is 1. The molecule has 106 valence electrons. The summed E-state index contributed by atoms with van der Waals surface area (Å²) in [4.78, 5) is 7.49. The summed E-state index contributed by atoms with van der Waals surface area (Å²) in [5.41, 5.74) is 3.73. The Hall–Kier alpha value is -0.870. The first-order valence-electron chi connectivity index (χ1n) is 7.14. The zero-order valence-corrected chi connectivity index (χ0v) is 14.3. The van der Waals surface area contributed by atoms with Crippen molar-refractivity contribution in [1.29, 1.82) is 0 Å². The third-order valence-corrected chi connectivity index (χ3v) is 5.73. The minimum Gasteiger partial charge on any atom is -0.376 e. The molecule has 3 rings (SSSR count). The van der Waals surface area contributed by atoms with Gasteiger partial charge in [0.05, 0.1) is 17.4 Å². The Kier molecular flexibility index (Phi) is 4.13. The summed E-state index contributed by atoms with van der Waals surface area (Å²) < 4.78 is 0.889. The number of fused-ring (bicyclic) bond motifs is 1. The van der Waals surface area contributed by atoms with Crippen LogP contribution in [0.2, 0.25) is 0 Å². The zero-order valence-electron chi connectivity index (χ0n) is 11.9. The maximum Gasteiger partial charge on any atom is 0.106 e. The zero-order chi connectivity index (χ0) is 14.1. The first-order valence-corrected chi connectivity index (χ1v) is 8.75. The van der Waals surface area contributed by atoms with Gasteiger partial charge < -0.3 is 5.32 Å². The fraction of sp³-hybridized carbons (Fsp3) is 0.438. The molecule has 0 fully saturated rings. The van der Waals surface area contributed by atoms with E-state index < -0.39 is 0 Å². The highest BCUT2D eigenvalue weighted by molar-refractivity contribution is 9.10. The number of aryl methyl sites for hydroxylation is 3. The van der Waals surface area contributed by atoms with Gasteiger partial charge in [0.25, 0.3) is 0 Å². The Morgan fingerprint density at radius 2 is 2.10 bits per heavy atom. The van der Waals surface area contributed by atoms with E-state index in [1.165, 1.54) is 30.6 Å². The molecule has 0 spiro atoms. The van der Waals surface area contributed by atoms with Gasteiger partial charge in [-0.2, -0.15) is 0 Å². The second-order valence-corrected chi connectivity index (χ2v) is 7.42. The van der Waals surface area contributed by atoms with Crippen molar-refractivity contribution in [2.75, 3.05) is 5.32 Å². The highest BCUT2D eigenvalue weighted by atomic mass is 79.9. The summed E-state index contributed by atoms with van der Waals surface area (Å²) in [5.74, 6) is 0. The predicted molar refractivity (Wildman–Crippen MR) is 89.7 cm³/mol. The first-order chi connectivity index (χ1) is 9.63. The van der Waals surface area contributed by atoms with Crippen LogP contribution in [0.1, 0.15) is 46.8 Å². The Morgan fingerprint density at radius 1 is 1.30 bits per heavy atom. The number of halogens is 1. The van der Waals surface area contributed by atoms with E-state index in [9.17, 15) is 0 Å². The molecule has 0 saturated heterocycles. The Labute approximate surface area is 132 Å². The topological polar surface area (TPSA) is 24.9 Å². The summed E-state index contributed by atoms with van der Waals surface area (Å²) in [6.07, 6.45) is 5.23. The maximum atomic E-state index is 4.44. The van der Waals surface area contributed by atoms with Crippen molar-refractivity contribution < 1.29 is 0 Å². The van der Waals surface area contributed by atoms with Gasteiger partial charge in [-0.05, 0) is 79.2 Å².